The molecule has 1 N–H and O–H groups in total. The van der Waals surface area contributed by atoms with Crippen molar-refractivity contribution in [3.05, 3.63) is 0 Å². The van der Waals surface area contributed by atoms with Crippen LogP contribution in [0.4, 0.5) is 0 Å². The highest BCUT2D eigenvalue weighted by molar-refractivity contribution is 5.84. The van der Waals surface area contributed by atoms with Gasteiger partial charge in [0.05, 0.1) is 12.2 Å². The molecule has 2 fully saturated rings. The van der Waals surface area contributed by atoms with Crippen LogP contribution in [0.3, 0.4) is 0 Å². The van der Waals surface area contributed by atoms with E-state index in [-0.39, 0.29) is 12.2 Å². The highest BCUT2D eigenvalue weighted by Crippen LogP contribution is 2.35. The SMILES string of the molecule is CCCC1NC(CC(C)C)C(=O)N1C1CC(C)CC(C)C1. The largest absolute Gasteiger partial charge is 0.323 e. The number of rotatable bonds is 5. The Hall–Kier alpha value is -0.570. The van der Waals surface area contributed by atoms with E-state index in [2.05, 4.69) is 44.8 Å². The Balaban J connectivity index is 2.11. The smallest absolute Gasteiger partial charge is 0.241 e. The third-order valence-corrected chi connectivity index (χ3v) is 5.10. The van der Waals surface area contributed by atoms with E-state index < -0.39 is 0 Å². The Labute approximate surface area is 130 Å². The Kier molecular flexibility index (Phi) is 5.70. The molecular weight excluding hydrogens is 260 g/mol. The molecule has 122 valence electrons. The number of hydrogen-bond acceptors (Lipinski definition) is 2. The summed E-state index contributed by atoms with van der Waals surface area (Å²) in [5, 5.41) is 3.63. The minimum atomic E-state index is 0.0501. The molecule has 1 saturated carbocycles. The van der Waals surface area contributed by atoms with Crippen LogP contribution in [-0.4, -0.2) is 29.1 Å². The van der Waals surface area contributed by atoms with Crippen LogP contribution in [-0.2, 0) is 4.79 Å². The number of carbonyl (C=O) groups is 1. The van der Waals surface area contributed by atoms with Gasteiger partial charge in [-0.2, -0.15) is 0 Å². The van der Waals surface area contributed by atoms with Crippen molar-refractivity contribution in [2.75, 3.05) is 0 Å². The molecule has 3 heteroatoms. The molecule has 0 aromatic carbocycles. The first-order valence-electron chi connectivity index (χ1n) is 9.00. The van der Waals surface area contributed by atoms with Gasteiger partial charge in [-0.15, -0.1) is 0 Å². The molecule has 0 spiro atoms. The standard InChI is InChI=1S/C18H34N2O/c1-6-7-17-19-16(8-12(2)3)18(21)20(17)15-10-13(4)9-14(5)11-15/h12-17,19H,6-11H2,1-5H3. The molecule has 1 amide bonds. The van der Waals surface area contributed by atoms with Crippen molar-refractivity contribution < 1.29 is 4.79 Å². The van der Waals surface area contributed by atoms with Crippen molar-refractivity contribution in [2.24, 2.45) is 17.8 Å². The van der Waals surface area contributed by atoms with Crippen LogP contribution >= 0.6 is 0 Å². The number of nitrogens with one attached hydrogen (secondary N) is 1. The van der Waals surface area contributed by atoms with Crippen molar-refractivity contribution in [3.8, 4) is 0 Å². The summed E-state index contributed by atoms with van der Waals surface area (Å²) in [6.07, 6.45) is 7.15. The Morgan fingerprint density at radius 2 is 1.81 bits per heavy atom. The average molecular weight is 294 g/mol. The van der Waals surface area contributed by atoms with Crippen LogP contribution in [0.25, 0.3) is 0 Å². The fraction of sp³-hybridized carbons (Fsp3) is 0.944. The van der Waals surface area contributed by atoms with E-state index in [0.29, 0.717) is 17.9 Å². The molecule has 4 atom stereocenters. The van der Waals surface area contributed by atoms with E-state index in [1.54, 1.807) is 0 Å². The van der Waals surface area contributed by atoms with Gasteiger partial charge in [0.2, 0.25) is 5.91 Å². The van der Waals surface area contributed by atoms with Gasteiger partial charge in [-0.3, -0.25) is 10.1 Å². The number of nitrogens with zero attached hydrogens (tertiary/aromatic N) is 1. The molecule has 21 heavy (non-hydrogen) atoms. The summed E-state index contributed by atoms with van der Waals surface area (Å²) in [5.74, 6) is 2.43. The topological polar surface area (TPSA) is 32.3 Å². The second kappa shape index (κ2) is 7.13. The number of amides is 1. The normalized spacial score (nSPS) is 37.5. The lowest BCUT2D eigenvalue weighted by atomic mass is 9.79. The second-order valence-corrected chi connectivity index (χ2v) is 7.97. The fourth-order valence-electron chi connectivity index (χ4n) is 4.42. The molecule has 4 unspecified atom stereocenters. The molecular formula is C18H34N2O. The maximum atomic E-state index is 12.9. The van der Waals surface area contributed by atoms with Gasteiger partial charge in [0.1, 0.15) is 0 Å². The van der Waals surface area contributed by atoms with Gasteiger partial charge >= 0.3 is 0 Å². The molecule has 0 bridgehead atoms. The summed E-state index contributed by atoms with van der Waals surface area (Å²) in [6.45, 7) is 11.3. The number of carbonyl (C=O) groups excluding carboxylic acids is 1. The molecule has 0 radical (unpaired) electrons. The summed E-state index contributed by atoms with van der Waals surface area (Å²) in [5.41, 5.74) is 0. The average Bonchev–Trinajstić information content (AvgIpc) is 2.64. The third-order valence-electron chi connectivity index (χ3n) is 5.10. The van der Waals surface area contributed by atoms with Gasteiger partial charge in [0, 0.05) is 6.04 Å². The molecule has 1 aliphatic heterocycles. The highest BCUT2D eigenvalue weighted by Gasteiger charge is 2.43. The first-order valence-corrected chi connectivity index (χ1v) is 9.00. The second-order valence-electron chi connectivity index (χ2n) is 7.97. The van der Waals surface area contributed by atoms with Crippen LogP contribution in [0.1, 0.15) is 73.1 Å². The van der Waals surface area contributed by atoms with E-state index in [9.17, 15) is 4.79 Å². The van der Waals surface area contributed by atoms with Crippen LogP contribution in [0, 0.1) is 17.8 Å². The lowest BCUT2D eigenvalue weighted by Gasteiger charge is -2.39. The maximum Gasteiger partial charge on any atom is 0.241 e. The van der Waals surface area contributed by atoms with Gasteiger partial charge in [0.25, 0.3) is 0 Å². The van der Waals surface area contributed by atoms with Crippen LogP contribution in [0.2, 0.25) is 0 Å². The summed E-state index contributed by atoms with van der Waals surface area (Å²) >= 11 is 0. The lowest BCUT2D eigenvalue weighted by molar-refractivity contribution is -0.134. The summed E-state index contributed by atoms with van der Waals surface area (Å²) in [7, 11) is 0. The van der Waals surface area contributed by atoms with Crippen LogP contribution < -0.4 is 5.32 Å². The quantitative estimate of drug-likeness (QED) is 0.837. The first kappa shape index (κ1) is 16.8. The minimum absolute atomic E-state index is 0.0501. The molecule has 1 aliphatic carbocycles. The maximum absolute atomic E-state index is 12.9. The Morgan fingerprint density at radius 3 is 2.33 bits per heavy atom. The van der Waals surface area contributed by atoms with Crippen molar-refractivity contribution in [1.29, 1.82) is 0 Å². The van der Waals surface area contributed by atoms with Crippen molar-refractivity contribution >= 4 is 5.91 Å². The zero-order valence-corrected chi connectivity index (χ0v) is 14.6. The molecule has 1 heterocycles. The first-order chi connectivity index (χ1) is 9.92. The van der Waals surface area contributed by atoms with Gasteiger partial charge in [-0.05, 0) is 49.9 Å². The van der Waals surface area contributed by atoms with Crippen LogP contribution in [0.5, 0.6) is 0 Å². The van der Waals surface area contributed by atoms with Gasteiger partial charge in [-0.25, -0.2) is 0 Å². The predicted octanol–water partition coefficient (Wildman–Crippen LogP) is 3.78. The summed E-state index contributed by atoms with van der Waals surface area (Å²) in [4.78, 5) is 15.1. The molecule has 0 aromatic heterocycles. The summed E-state index contributed by atoms with van der Waals surface area (Å²) in [6, 6.07) is 0.506. The van der Waals surface area contributed by atoms with E-state index in [4.69, 9.17) is 0 Å². The van der Waals surface area contributed by atoms with E-state index in [0.717, 1.165) is 31.1 Å². The monoisotopic (exact) mass is 294 g/mol. The van der Waals surface area contributed by atoms with Gasteiger partial charge in [-0.1, -0.05) is 41.0 Å². The molecule has 1 saturated heterocycles. The van der Waals surface area contributed by atoms with Crippen LogP contribution in [0.15, 0.2) is 0 Å². The molecule has 2 rings (SSSR count). The van der Waals surface area contributed by atoms with Gasteiger partial charge in [0.15, 0.2) is 0 Å². The molecule has 3 nitrogen and oxygen atoms in total. The summed E-state index contributed by atoms with van der Waals surface area (Å²) < 4.78 is 0. The van der Waals surface area contributed by atoms with E-state index in [1.165, 1.54) is 19.3 Å². The van der Waals surface area contributed by atoms with Crippen molar-refractivity contribution in [3.63, 3.8) is 0 Å². The Bertz CT molecular complexity index is 345. The van der Waals surface area contributed by atoms with Gasteiger partial charge < -0.3 is 4.90 Å². The number of hydrogen-bond donors (Lipinski definition) is 1. The van der Waals surface area contributed by atoms with E-state index in [1.807, 2.05) is 0 Å². The Morgan fingerprint density at radius 1 is 1.19 bits per heavy atom. The minimum Gasteiger partial charge on any atom is -0.323 e. The highest BCUT2D eigenvalue weighted by atomic mass is 16.2. The lowest BCUT2D eigenvalue weighted by Crippen LogP contribution is -2.47. The van der Waals surface area contributed by atoms with E-state index >= 15 is 0 Å². The molecule has 2 aliphatic rings. The zero-order valence-electron chi connectivity index (χ0n) is 14.6. The van der Waals surface area contributed by atoms with Crippen molar-refractivity contribution in [2.45, 2.75) is 91.4 Å². The zero-order chi connectivity index (χ0) is 15.6. The third kappa shape index (κ3) is 4.00. The predicted molar refractivity (Wildman–Crippen MR) is 87.9 cm³/mol. The van der Waals surface area contributed by atoms with Crippen molar-refractivity contribution in [1.82, 2.24) is 10.2 Å². The fourth-order valence-corrected chi connectivity index (χ4v) is 4.42. The molecule has 0 aromatic rings.